The Morgan fingerprint density at radius 1 is 1.19 bits per heavy atom. The summed E-state index contributed by atoms with van der Waals surface area (Å²) in [4.78, 5) is 23.4. The molecule has 21 heavy (non-hydrogen) atoms. The first kappa shape index (κ1) is 15.3. The maximum Gasteiger partial charge on any atom is 0.346 e. The van der Waals surface area contributed by atoms with Gasteiger partial charge in [0.2, 0.25) is 0 Å². The fourth-order valence-electron chi connectivity index (χ4n) is 1.96. The minimum Gasteiger partial charge on any atom is -0.477 e. The number of aryl methyl sites for hydroxylation is 1. The molecule has 4 nitrogen and oxygen atoms in total. The third-order valence-electron chi connectivity index (χ3n) is 3.19. The lowest BCUT2D eigenvalue weighted by atomic mass is 10.0. The number of nitrogens with one attached hydrogen (secondary N) is 1. The fraction of sp³-hybridized carbons (Fsp3) is 0.250. The molecule has 0 unspecified atom stereocenters. The summed E-state index contributed by atoms with van der Waals surface area (Å²) in [6, 6.07) is 9.10. The number of rotatable bonds is 4. The summed E-state index contributed by atoms with van der Waals surface area (Å²) < 4.78 is 0. The molecule has 0 aliphatic rings. The van der Waals surface area contributed by atoms with Gasteiger partial charge in [-0.2, -0.15) is 0 Å². The molecule has 0 aliphatic heterocycles. The van der Waals surface area contributed by atoms with Crippen molar-refractivity contribution in [3.63, 3.8) is 0 Å². The Morgan fingerprint density at radius 2 is 1.81 bits per heavy atom. The third-order valence-corrected chi connectivity index (χ3v) is 4.33. The van der Waals surface area contributed by atoms with E-state index in [1.54, 1.807) is 25.1 Å². The van der Waals surface area contributed by atoms with Gasteiger partial charge >= 0.3 is 5.97 Å². The first-order chi connectivity index (χ1) is 9.88. The van der Waals surface area contributed by atoms with E-state index in [1.807, 2.05) is 12.1 Å². The normalized spacial score (nSPS) is 10.7. The van der Waals surface area contributed by atoms with Crippen molar-refractivity contribution in [2.45, 2.75) is 26.7 Å². The average molecular weight is 303 g/mol. The maximum atomic E-state index is 12.1. The van der Waals surface area contributed by atoms with Gasteiger partial charge in [-0.05, 0) is 42.2 Å². The highest BCUT2D eigenvalue weighted by Crippen LogP contribution is 2.27. The zero-order chi connectivity index (χ0) is 15.6. The number of amides is 1. The first-order valence-electron chi connectivity index (χ1n) is 6.63. The van der Waals surface area contributed by atoms with E-state index in [1.165, 1.54) is 5.56 Å². The van der Waals surface area contributed by atoms with E-state index in [2.05, 4.69) is 19.2 Å². The van der Waals surface area contributed by atoms with E-state index in [4.69, 9.17) is 5.11 Å². The molecule has 1 aromatic carbocycles. The standard InChI is InChI=1S/C16H17NO3S/c1-9(2)11-4-6-12(7-5-11)15(18)17-13-8-10(3)14(21-13)16(19)20/h4-9H,1-3H3,(H,17,18)(H,19,20). The van der Waals surface area contributed by atoms with Crippen LogP contribution >= 0.6 is 11.3 Å². The number of carbonyl (C=O) groups excluding carboxylic acids is 1. The summed E-state index contributed by atoms with van der Waals surface area (Å²) in [6.07, 6.45) is 0. The molecule has 0 saturated carbocycles. The smallest absolute Gasteiger partial charge is 0.346 e. The van der Waals surface area contributed by atoms with Crippen molar-refractivity contribution in [2.24, 2.45) is 0 Å². The van der Waals surface area contributed by atoms with E-state index in [0.29, 0.717) is 22.0 Å². The van der Waals surface area contributed by atoms with Gasteiger partial charge < -0.3 is 10.4 Å². The summed E-state index contributed by atoms with van der Waals surface area (Å²) in [5.41, 5.74) is 2.38. The summed E-state index contributed by atoms with van der Waals surface area (Å²) >= 11 is 1.07. The molecule has 0 bridgehead atoms. The fourth-order valence-corrected chi connectivity index (χ4v) is 2.87. The van der Waals surface area contributed by atoms with Gasteiger partial charge in [0.1, 0.15) is 4.88 Å². The van der Waals surface area contributed by atoms with Crippen LogP contribution in [0.2, 0.25) is 0 Å². The second-order valence-electron chi connectivity index (χ2n) is 5.16. The minimum atomic E-state index is -0.973. The van der Waals surface area contributed by atoms with Gasteiger partial charge in [0.05, 0.1) is 5.00 Å². The number of thiophene rings is 1. The second kappa shape index (κ2) is 6.10. The van der Waals surface area contributed by atoms with Crippen LogP contribution in [0.1, 0.15) is 50.9 Å². The van der Waals surface area contributed by atoms with E-state index in [-0.39, 0.29) is 10.8 Å². The summed E-state index contributed by atoms with van der Waals surface area (Å²) in [5, 5.41) is 12.3. The average Bonchev–Trinajstić information content (AvgIpc) is 2.79. The van der Waals surface area contributed by atoms with Crippen LogP contribution in [-0.4, -0.2) is 17.0 Å². The minimum absolute atomic E-state index is 0.233. The number of carbonyl (C=O) groups is 2. The van der Waals surface area contributed by atoms with Crippen LogP contribution in [0.5, 0.6) is 0 Å². The molecule has 2 rings (SSSR count). The third kappa shape index (κ3) is 3.49. The van der Waals surface area contributed by atoms with E-state index in [0.717, 1.165) is 11.3 Å². The van der Waals surface area contributed by atoms with Crippen molar-refractivity contribution >= 4 is 28.2 Å². The number of carboxylic acid groups (broad SMARTS) is 1. The molecule has 0 radical (unpaired) electrons. The van der Waals surface area contributed by atoms with Crippen molar-refractivity contribution in [3.8, 4) is 0 Å². The number of benzene rings is 1. The molecule has 0 saturated heterocycles. The monoisotopic (exact) mass is 303 g/mol. The molecular weight excluding hydrogens is 286 g/mol. The van der Waals surface area contributed by atoms with E-state index in [9.17, 15) is 9.59 Å². The Hall–Kier alpha value is -2.14. The Kier molecular flexibility index (Phi) is 4.43. The Bertz CT molecular complexity index is 671. The van der Waals surface area contributed by atoms with Gasteiger partial charge in [0.15, 0.2) is 0 Å². The number of hydrogen-bond donors (Lipinski definition) is 2. The van der Waals surface area contributed by atoms with Crippen molar-refractivity contribution < 1.29 is 14.7 Å². The highest BCUT2D eigenvalue weighted by atomic mass is 32.1. The first-order valence-corrected chi connectivity index (χ1v) is 7.45. The lowest BCUT2D eigenvalue weighted by Crippen LogP contribution is -2.10. The predicted octanol–water partition coefficient (Wildman–Crippen LogP) is 4.13. The van der Waals surface area contributed by atoms with Crippen LogP contribution in [0.25, 0.3) is 0 Å². The molecule has 1 amide bonds. The van der Waals surface area contributed by atoms with Gasteiger partial charge in [0, 0.05) is 5.56 Å². The molecular formula is C16H17NO3S. The van der Waals surface area contributed by atoms with Gasteiger partial charge in [-0.15, -0.1) is 11.3 Å². The molecule has 0 atom stereocenters. The number of hydrogen-bond acceptors (Lipinski definition) is 3. The maximum absolute atomic E-state index is 12.1. The van der Waals surface area contributed by atoms with Crippen LogP contribution in [0.3, 0.4) is 0 Å². The van der Waals surface area contributed by atoms with Crippen molar-refractivity contribution in [3.05, 3.63) is 51.9 Å². The summed E-state index contributed by atoms with van der Waals surface area (Å²) in [5.74, 6) is -0.789. The molecule has 2 aromatic rings. The summed E-state index contributed by atoms with van der Waals surface area (Å²) in [7, 11) is 0. The SMILES string of the molecule is Cc1cc(NC(=O)c2ccc(C(C)C)cc2)sc1C(=O)O. The van der Waals surface area contributed by atoms with Crippen molar-refractivity contribution in [2.75, 3.05) is 5.32 Å². The molecule has 0 aliphatic carbocycles. The Morgan fingerprint density at radius 3 is 2.29 bits per heavy atom. The molecule has 2 N–H and O–H groups in total. The van der Waals surface area contributed by atoms with Crippen LogP contribution in [0.15, 0.2) is 30.3 Å². The van der Waals surface area contributed by atoms with Gasteiger partial charge in [-0.3, -0.25) is 4.79 Å². The second-order valence-corrected chi connectivity index (χ2v) is 6.21. The van der Waals surface area contributed by atoms with Gasteiger partial charge in [-0.25, -0.2) is 4.79 Å². The highest BCUT2D eigenvalue weighted by Gasteiger charge is 2.14. The Labute approximate surface area is 127 Å². The van der Waals surface area contributed by atoms with Crippen LogP contribution < -0.4 is 5.32 Å². The zero-order valence-corrected chi connectivity index (χ0v) is 13.0. The molecule has 1 heterocycles. The zero-order valence-electron chi connectivity index (χ0n) is 12.1. The lowest BCUT2D eigenvalue weighted by Gasteiger charge is -2.06. The highest BCUT2D eigenvalue weighted by molar-refractivity contribution is 7.18. The molecule has 0 spiro atoms. The number of anilines is 1. The number of carboxylic acids is 1. The van der Waals surface area contributed by atoms with Crippen molar-refractivity contribution in [1.82, 2.24) is 0 Å². The largest absolute Gasteiger partial charge is 0.477 e. The van der Waals surface area contributed by atoms with E-state index < -0.39 is 5.97 Å². The summed E-state index contributed by atoms with van der Waals surface area (Å²) in [6.45, 7) is 5.90. The van der Waals surface area contributed by atoms with Gasteiger partial charge in [0.25, 0.3) is 5.91 Å². The molecule has 1 aromatic heterocycles. The van der Waals surface area contributed by atoms with Crippen molar-refractivity contribution in [1.29, 1.82) is 0 Å². The van der Waals surface area contributed by atoms with E-state index >= 15 is 0 Å². The number of aromatic carboxylic acids is 1. The quantitative estimate of drug-likeness (QED) is 0.892. The van der Waals surface area contributed by atoms with Crippen LogP contribution in [-0.2, 0) is 0 Å². The Balaban J connectivity index is 2.14. The van der Waals surface area contributed by atoms with Crippen LogP contribution in [0.4, 0.5) is 5.00 Å². The van der Waals surface area contributed by atoms with Gasteiger partial charge in [-0.1, -0.05) is 26.0 Å². The lowest BCUT2D eigenvalue weighted by molar-refractivity contribution is 0.0701. The predicted molar refractivity (Wildman–Crippen MR) is 84.5 cm³/mol. The van der Waals surface area contributed by atoms with Crippen LogP contribution in [0, 0.1) is 6.92 Å². The molecule has 5 heteroatoms. The molecule has 0 fully saturated rings. The molecule has 110 valence electrons. The topological polar surface area (TPSA) is 66.4 Å².